The lowest BCUT2D eigenvalue weighted by Crippen LogP contribution is -2.47. The molecule has 7 atom stereocenters. The van der Waals surface area contributed by atoms with Gasteiger partial charge in [-0.2, -0.15) is 0 Å². The van der Waals surface area contributed by atoms with Gasteiger partial charge in [0.15, 0.2) is 6.23 Å². The average molecular weight is 580 g/mol. The Morgan fingerprint density at radius 3 is 2.58 bits per heavy atom. The van der Waals surface area contributed by atoms with Crippen LogP contribution in [0.15, 0.2) is 21.9 Å². The predicted octanol–water partition coefficient (Wildman–Crippen LogP) is -1.46. The number of ether oxygens (including phenoxy) is 2. The predicted molar refractivity (Wildman–Crippen MR) is 132 cm³/mol. The number of H-pyrrole nitrogens is 1. The van der Waals surface area contributed by atoms with Crippen molar-refractivity contribution in [1.29, 1.82) is 0 Å². The van der Waals surface area contributed by atoms with Gasteiger partial charge in [0, 0.05) is 18.0 Å². The molecule has 0 aliphatic carbocycles. The first-order valence-corrected chi connectivity index (χ1v) is 14.7. The van der Waals surface area contributed by atoms with Gasteiger partial charge >= 0.3 is 24.4 Å². The molecule has 18 heteroatoms. The molecule has 3 heterocycles. The number of carbonyl (C=O) groups excluding carboxylic acids is 3. The summed E-state index contributed by atoms with van der Waals surface area (Å²) in [7, 11) is 0. The molecule has 0 spiro atoms. The van der Waals surface area contributed by atoms with Crippen molar-refractivity contribution in [2.75, 3.05) is 12.4 Å². The van der Waals surface area contributed by atoms with E-state index in [2.05, 4.69) is 10.4 Å². The third-order valence-corrected chi connectivity index (χ3v) is 9.71. The van der Waals surface area contributed by atoms with E-state index >= 15 is 0 Å². The number of hydrogen-bond acceptors (Lipinski definition) is 12. The molecule has 3 amide bonds. The lowest BCUT2D eigenvalue weighted by Gasteiger charge is -2.27. The number of aliphatic hydroxyl groups excluding tert-OH is 1. The fraction of sp³-hybridized carbons (Fsp3) is 0.650. The van der Waals surface area contributed by atoms with Crippen molar-refractivity contribution in [3.05, 3.63) is 33.1 Å². The molecule has 212 valence electrons. The maximum Gasteiger partial charge on any atom is 0.330 e. The van der Waals surface area contributed by atoms with Crippen LogP contribution in [0.1, 0.15) is 33.9 Å². The second kappa shape index (κ2) is 11.7. The summed E-state index contributed by atoms with van der Waals surface area (Å²) in [5.74, 6) is -1.57. The van der Waals surface area contributed by atoms with Crippen molar-refractivity contribution < 1.29 is 43.2 Å². The van der Waals surface area contributed by atoms with E-state index in [1.54, 1.807) is 13.8 Å². The van der Waals surface area contributed by atoms with Crippen molar-refractivity contribution in [2.24, 2.45) is 0 Å². The average Bonchev–Trinajstić information content (AvgIpc) is 3.25. The van der Waals surface area contributed by atoms with Gasteiger partial charge in [0.05, 0.1) is 12.7 Å². The van der Waals surface area contributed by atoms with Crippen molar-refractivity contribution in [3.63, 3.8) is 0 Å². The van der Waals surface area contributed by atoms with Gasteiger partial charge < -0.3 is 29.5 Å². The molecule has 1 aromatic rings. The Morgan fingerprint density at radius 2 is 2.00 bits per heavy atom. The molecule has 2 fully saturated rings. The molecule has 0 saturated carbocycles. The largest absolute Gasteiger partial charge is 0.462 e. The highest BCUT2D eigenvalue weighted by Crippen LogP contribution is 2.57. The van der Waals surface area contributed by atoms with Crippen molar-refractivity contribution >= 4 is 36.0 Å². The van der Waals surface area contributed by atoms with Crippen LogP contribution in [-0.4, -0.2) is 86.0 Å². The Kier molecular flexibility index (Phi) is 9.24. The first-order chi connectivity index (χ1) is 17.6. The zero-order valence-electron chi connectivity index (χ0n) is 20.9. The molecule has 0 unspecified atom stereocenters. The Morgan fingerprint density at radius 1 is 1.32 bits per heavy atom. The number of aliphatic hydroxyl groups is 2. The Hall–Kier alpha value is -2.53. The van der Waals surface area contributed by atoms with Crippen molar-refractivity contribution in [2.45, 2.75) is 69.9 Å². The molecule has 2 aliphatic rings. The number of esters is 1. The number of aromatic amines is 1. The highest BCUT2D eigenvalue weighted by atomic mass is 32.7. The van der Waals surface area contributed by atoms with Gasteiger partial charge in [-0.15, -0.1) is 0 Å². The third-order valence-electron chi connectivity index (χ3n) is 5.59. The maximum atomic E-state index is 13.7. The van der Waals surface area contributed by atoms with Crippen LogP contribution >= 0.6 is 18.1 Å². The van der Waals surface area contributed by atoms with E-state index in [-0.39, 0.29) is 5.75 Å². The van der Waals surface area contributed by atoms with Crippen LogP contribution in [0.2, 0.25) is 0 Å². The zero-order chi connectivity index (χ0) is 28.4. The van der Waals surface area contributed by atoms with Gasteiger partial charge in [-0.05, 0) is 27.7 Å². The molecule has 1 aromatic heterocycles. The second-order valence-electron chi connectivity index (χ2n) is 9.16. The lowest BCUT2D eigenvalue weighted by atomic mass is 9.96. The van der Waals surface area contributed by atoms with Gasteiger partial charge in [0.2, 0.25) is 0 Å². The van der Waals surface area contributed by atoms with E-state index in [9.17, 15) is 38.8 Å². The molecular formula is C20H30N5O11PS. The minimum Gasteiger partial charge on any atom is -0.462 e. The third kappa shape index (κ3) is 6.91. The molecule has 38 heavy (non-hydrogen) atoms. The van der Waals surface area contributed by atoms with E-state index in [4.69, 9.17) is 14.0 Å². The quantitative estimate of drug-likeness (QED) is 0.100. The summed E-state index contributed by atoms with van der Waals surface area (Å²) in [6, 6.07) is -1.82. The molecular weight excluding hydrogens is 549 g/mol. The van der Waals surface area contributed by atoms with Gasteiger partial charge in [-0.3, -0.25) is 33.8 Å². The summed E-state index contributed by atoms with van der Waals surface area (Å²) in [5, 5.41) is 28.5. The number of amides is 3. The lowest BCUT2D eigenvalue weighted by molar-refractivity contribution is -0.149. The van der Waals surface area contributed by atoms with Crippen LogP contribution in [-0.2, 0) is 28.2 Å². The van der Waals surface area contributed by atoms with Crippen LogP contribution in [0.5, 0.6) is 0 Å². The summed E-state index contributed by atoms with van der Waals surface area (Å²) in [4.78, 5) is 61.2. The summed E-state index contributed by atoms with van der Waals surface area (Å²) >= 11 is 0.622. The van der Waals surface area contributed by atoms with Gasteiger partial charge in [0.25, 0.3) is 11.5 Å². The maximum absolute atomic E-state index is 13.7. The minimum absolute atomic E-state index is 0.199. The van der Waals surface area contributed by atoms with Gasteiger partial charge in [-0.25, -0.2) is 14.7 Å². The van der Waals surface area contributed by atoms with Crippen LogP contribution in [0, 0.1) is 0 Å². The fourth-order valence-electron chi connectivity index (χ4n) is 3.65. The smallest absolute Gasteiger partial charge is 0.330 e. The van der Waals surface area contributed by atoms with Crippen LogP contribution in [0.25, 0.3) is 0 Å². The van der Waals surface area contributed by atoms with E-state index in [0.717, 1.165) is 16.8 Å². The Labute approximate surface area is 220 Å². The van der Waals surface area contributed by atoms with E-state index in [0.29, 0.717) is 11.4 Å². The molecule has 0 radical (unpaired) electrons. The fourth-order valence-corrected chi connectivity index (χ4v) is 7.51. The number of aromatic nitrogens is 2. The van der Waals surface area contributed by atoms with Crippen LogP contribution < -0.4 is 27.0 Å². The molecule has 0 aromatic carbocycles. The first-order valence-electron chi connectivity index (χ1n) is 11.5. The number of hydrogen-bond donors (Lipinski definition) is 6. The van der Waals surface area contributed by atoms with Crippen molar-refractivity contribution in [3.8, 4) is 0 Å². The molecule has 16 nitrogen and oxygen atoms in total. The first kappa shape index (κ1) is 30.0. The zero-order valence-corrected chi connectivity index (χ0v) is 22.6. The molecule has 0 bridgehead atoms. The van der Waals surface area contributed by atoms with Crippen molar-refractivity contribution in [1.82, 2.24) is 25.3 Å². The van der Waals surface area contributed by atoms with E-state index in [1.807, 2.05) is 10.3 Å². The Bertz CT molecular complexity index is 1230. The normalized spacial score (nSPS) is 29.6. The number of carbonyl (C=O) groups is 3. The van der Waals surface area contributed by atoms with E-state index < -0.39 is 84.7 Å². The molecule has 6 N–H and O–H groups in total. The monoisotopic (exact) mass is 579 g/mol. The number of nitrogens with zero attached hydrogens (tertiary/aromatic N) is 1. The second-order valence-corrected chi connectivity index (χ2v) is 13.5. The topological polar surface area (TPSA) is 227 Å². The Balaban J connectivity index is 1.76. The number of rotatable bonds is 11. The highest BCUT2D eigenvalue weighted by Gasteiger charge is 2.54. The highest BCUT2D eigenvalue weighted by molar-refractivity contribution is 8.56. The summed E-state index contributed by atoms with van der Waals surface area (Å²) < 4.78 is 30.9. The summed E-state index contributed by atoms with van der Waals surface area (Å²) in [5.41, 5.74) is -3.60. The standard InChI is InChI=1S/C20H30N5O11PS/c1-9(2)35-16(29)10(3)24-37(33,38-8-11-15(28)23-18(30)21-11)34-7-12-14(27)20(4,32)17(36-12)25-6-5-13(26)22-19(25)31/h5-6,9-12,14,17,27,32H,7-8H2,1-4H3,(H,24,33)(H,22,26,31)(H2,21,23,28,30)/t10-,11+,12+,14+,17+,20+,37+/m0/s1. The molecule has 2 aliphatic heterocycles. The van der Waals surface area contributed by atoms with Crippen LogP contribution in [0.4, 0.5) is 4.79 Å². The van der Waals surface area contributed by atoms with Crippen LogP contribution in [0.3, 0.4) is 0 Å². The van der Waals surface area contributed by atoms with Gasteiger partial charge in [0.1, 0.15) is 29.9 Å². The SMILES string of the molecule is CC(C)OC(=O)[C@H](C)N[P@@](=O)(OC[C@H]1O[C@@H](n2ccc(=O)[nH]c2=O)[C@](C)(O)[C@@H]1O)SC[C@H]1NC(=O)NC1=O. The molecule has 3 rings (SSSR count). The summed E-state index contributed by atoms with van der Waals surface area (Å²) in [6.07, 6.45) is -3.74. The number of nitrogens with one attached hydrogen (secondary N) is 4. The minimum atomic E-state index is -4.05. The van der Waals surface area contributed by atoms with Gasteiger partial charge in [-0.1, -0.05) is 11.4 Å². The summed E-state index contributed by atoms with van der Waals surface area (Å²) in [6.45, 7) is 1.21. The number of urea groups is 1. The van der Waals surface area contributed by atoms with E-state index in [1.165, 1.54) is 13.8 Å². The number of imide groups is 1. The molecule has 2 saturated heterocycles.